The molecular weight excluding hydrogens is 344 g/mol. The average molecular weight is 359 g/mol. The minimum Gasteiger partial charge on any atom is -0.325 e. The second-order valence-electron chi connectivity index (χ2n) is 5.09. The molecule has 0 spiro atoms. The number of hydrogen-bond donors (Lipinski definition) is 2. The fourth-order valence-corrected chi connectivity index (χ4v) is 2.86. The summed E-state index contributed by atoms with van der Waals surface area (Å²) < 4.78 is 0. The molecule has 2 aromatic carbocycles. The smallest absolute Gasteiger partial charge is 0.237 e. The van der Waals surface area contributed by atoms with Gasteiger partial charge in [0.1, 0.15) is 0 Å². The molecule has 0 aliphatic heterocycles. The van der Waals surface area contributed by atoms with Gasteiger partial charge in [-0.15, -0.1) is 5.10 Å². The Hall–Kier alpha value is -2.31. The van der Waals surface area contributed by atoms with Crippen molar-refractivity contribution in [3.8, 4) is 11.4 Å². The van der Waals surface area contributed by atoms with E-state index in [1.807, 2.05) is 37.3 Å². The van der Waals surface area contributed by atoms with Crippen LogP contribution in [-0.2, 0) is 4.79 Å². The van der Waals surface area contributed by atoms with Crippen LogP contribution in [0.2, 0.25) is 5.02 Å². The summed E-state index contributed by atoms with van der Waals surface area (Å²) in [6.07, 6.45) is 0. The lowest BCUT2D eigenvalue weighted by Gasteiger charge is -2.10. The number of nitrogens with one attached hydrogen (secondary N) is 2. The van der Waals surface area contributed by atoms with Crippen molar-refractivity contribution in [3.63, 3.8) is 0 Å². The van der Waals surface area contributed by atoms with E-state index in [2.05, 4.69) is 20.5 Å². The van der Waals surface area contributed by atoms with Crippen LogP contribution in [0.3, 0.4) is 0 Å². The molecule has 7 heteroatoms. The molecule has 0 saturated heterocycles. The largest absolute Gasteiger partial charge is 0.325 e. The Morgan fingerprint density at radius 2 is 1.88 bits per heavy atom. The van der Waals surface area contributed by atoms with Crippen molar-refractivity contribution in [2.45, 2.75) is 17.3 Å². The number of aromatic nitrogens is 3. The van der Waals surface area contributed by atoms with Crippen LogP contribution in [0.1, 0.15) is 6.92 Å². The number of amides is 1. The minimum atomic E-state index is -0.333. The van der Waals surface area contributed by atoms with Crippen LogP contribution in [0, 0.1) is 0 Å². The van der Waals surface area contributed by atoms with Gasteiger partial charge in [-0.05, 0) is 31.2 Å². The highest BCUT2D eigenvalue weighted by molar-refractivity contribution is 8.00. The van der Waals surface area contributed by atoms with Gasteiger partial charge in [0.15, 0.2) is 5.82 Å². The number of halogens is 1. The normalized spacial score (nSPS) is 11.9. The summed E-state index contributed by atoms with van der Waals surface area (Å²) in [4.78, 5) is 16.7. The van der Waals surface area contributed by atoms with Gasteiger partial charge in [-0.25, -0.2) is 4.98 Å². The molecule has 122 valence electrons. The summed E-state index contributed by atoms with van der Waals surface area (Å²) in [6, 6.07) is 16.7. The van der Waals surface area contributed by atoms with Crippen LogP contribution >= 0.6 is 23.4 Å². The molecule has 3 rings (SSSR count). The monoisotopic (exact) mass is 358 g/mol. The lowest BCUT2D eigenvalue weighted by Crippen LogP contribution is -2.22. The first-order valence-corrected chi connectivity index (χ1v) is 8.58. The first kappa shape index (κ1) is 16.5. The number of thioether (sulfide) groups is 1. The molecule has 0 aliphatic rings. The van der Waals surface area contributed by atoms with E-state index in [-0.39, 0.29) is 11.2 Å². The van der Waals surface area contributed by atoms with Crippen molar-refractivity contribution < 1.29 is 4.79 Å². The van der Waals surface area contributed by atoms with E-state index in [4.69, 9.17) is 11.6 Å². The van der Waals surface area contributed by atoms with E-state index >= 15 is 0 Å². The van der Waals surface area contributed by atoms with Crippen LogP contribution in [0.4, 0.5) is 5.69 Å². The summed E-state index contributed by atoms with van der Waals surface area (Å²) >= 11 is 7.13. The number of carbonyl (C=O) groups is 1. The van der Waals surface area contributed by atoms with Crippen LogP contribution in [0.5, 0.6) is 0 Å². The number of hydrogen-bond acceptors (Lipinski definition) is 4. The Balaban J connectivity index is 1.62. The zero-order chi connectivity index (χ0) is 16.9. The highest BCUT2D eigenvalue weighted by Crippen LogP contribution is 2.23. The number of anilines is 1. The summed E-state index contributed by atoms with van der Waals surface area (Å²) in [5.74, 6) is 0.566. The number of rotatable bonds is 5. The van der Waals surface area contributed by atoms with Crippen LogP contribution in [0.15, 0.2) is 59.8 Å². The second kappa shape index (κ2) is 7.51. The van der Waals surface area contributed by atoms with E-state index in [1.54, 1.807) is 24.3 Å². The van der Waals surface area contributed by atoms with Crippen molar-refractivity contribution in [2.75, 3.05) is 5.32 Å². The van der Waals surface area contributed by atoms with Crippen molar-refractivity contribution in [2.24, 2.45) is 0 Å². The lowest BCUT2D eigenvalue weighted by atomic mass is 10.2. The first-order chi connectivity index (χ1) is 11.6. The molecule has 3 aromatic rings. The lowest BCUT2D eigenvalue weighted by molar-refractivity contribution is -0.115. The summed E-state index contributed by atoms with van der Waals surface area (Å²) in [7, 11) is 0. The van der Waals surface area contributed by atoms with Gasteiger partial charge in [0.2, 0.25) is 11.1 Å². The molecule has 0 saturated carbocycles. The number of nitrogens with zero attached hydrogens (tertiary/aromatic N) is 2. The molecule has 0 fully saturated rings. The van der Waals surface area contributed by atoms with Gasteiger partial charge in [-0.2, -0.15) is 0 Å². The molecule has 1 heterocycles. The maximum absolute atomic E-state index is 12.2. The molecule has 5 nitrogen and oxygen atoms in total. The van der Waals surface area contributed by atoms with E-state index in [0.717, 1.165) is 5.56 Å². The van der Waals surface area contributed by atoms with Gasteiger partial charge in [-0.1, -0.05) is 53.7 Å². The molecule has 1 amide bonds. The van der Waals surface area contributed by atoms with Crippen molar-refractivity contribution >= 4 is 35.0 Å². The Bertz CT molecular complexity index is 820. The van der Waals surface area contributed by atoms with E-state index in [9.17, 15) is 4.79 Å². The fourth-order valence-electron chi connectivity index (χ4n) is 2.01. The average Bonchev–Trinajstić information content (AvgIpc) is 3.06. The van der Waals surface area contributed by atoms with Gasteiger partial charge in [0, 0.05) is 16.3 Å². The molecule has 0 bridgehead atoms. The molecule has 0 radical (unpaired) electrons. The topological polar surface area (TPSA) is 70.7 Å². The quantitative estimate of drug-likeness (QED) is 0.669. The third-order valence-corrected chi connectivity index (χ3v) is 4.49. The van der Waals surface area contributed by atoms with Crippen LogP contribution < -0.4 is 5.32 Å². The van der Waals surface area contributed by atoms with Gasteiger partial charge >= 0.3 is 0 Å². The number of benzene rings is 2. The third-order valence-electron chi connectivity index (χ3n) is 3.28. The maximum Gasteiger partial charge on any atom is 0.237 e. The predicted molar refractivity (Wildman–Crippen MR) is 97.2 cm³/mol. The maximum atomic E-state index is 12.2. The predicted octanol–water partition coefficient (Wildman–Crippen LogP) is 4.24. The highest BCUT2D eigenvalue weighted by atomic mass is 35.5. The van der Waals surface area contributed by atoms with Crippen LogP contribution in [0.25, 0.3) is 11.4 Å². The molecular formula is C17H15ClN4OS. The summed E-state index contributed by atoms with van der Waals surface area (Å²) in [5, 5.41) is 10.7. The van der Waals surface area contributed by atoms with Crippen molar-refractivity contribution in [1.29, 1.82) is 0 Å². The zero-order valence-corrected chi connectivity index (χ0v) is 14.4. The second-order valence-corrected chi connectivity index (χ2v) is 6.83. The first-order valence-electron chi connectivity index (χ1n) is 7.33. The fraction of sp³-hybridized carbons (Fsp3) is 0.118. The van der Waals surface area contributed by atoms with E-state index < -0.39 is 0 Å². The highest BCUT2D eigenvalue weighted by Gasteiger charge is 2.17. The molecule has 24 heavy (non-hydrogen) atoms. The molecule has 1 atom stereocenters. The van der Waals surface area contributed by atoms with Crippen molar-refractivity contribution in [3.05, 3.63) is 59.6 Å². The summed E-state index contributed by atoms with van der Waals surface area (Å²) in [5.41, 5.74) is 1.66. The SMILES string of the molecule is C[C@@H](Sc1n[nH]c(-c2ccccc2)n1)C(=O)Nc1ccc(Cl)cc1. The van der Waals surface area contributed by atoms with E-state index in [1.165, 1.54) is 11.8 Å². The van der Waals surface area contributed by atoms with Gasteiger partial charge in [0.25, 0.3) is 0 Å². The molecule has 1 aromatic heterocycles. The summed E-state index contributed by atoms with van der Waals surface area (Å²) in [6.45, 7) is 1.81. The molecule has 0 aliphatic carbocycles. The third kappa shape index (κ3) is 4.15. The Morgan fingerprint density at radius 3 is 2.58 bits per heavy atom. The van der Waals surface area contributed by atoms with Gasteiger partial charge in [-0.3, -0.25) is 9.89 Å². The number of H-pyrrole nitrogens is 1. The Labute approximate surface area is 148 Å². The zero-order valence-electron chi connectivity index (χ0n) is 12.9. The van der Waals surface area contributed by atoms with Gasteiger partial charge < -0.3 is 5.32 Å². The molecule has 2 N–H and O–H groups in total. The Kier molecular flexibility index (Phi) is 5.17. The minimum absolute atomic E-state index is 0.117. The Morgan fingerprint density at radius 1 is 1.17 bits per heavy atom. The van der Waals surface area contributed by atoms with E-state index in [0.29, 0.717) is 21.7 Å². The number of carbonyl (C=O) groups excluding carboxylic acids is 1. The number of aromatic amines is 1. The molecule has 0 unspecified atom stereocenters. The standard InChI is InChI=1S/C17H15ClN4OS/c1-11(16(23)19-14-9-7-13(18)8-10-14)24-17-20-15(21-22-17)12-5-3-2-4-6-12/h2-11H,1H3,(H,19,23)(H,20,21,22)/t11-/m1/s1. The van der Waals surface area contributed by atoms with Crippen molar-refractivity contribution in [1.82, 2.24) is 15.2 Å². The van der Waals surface area contributed by atoms with Crippen LogP contribution in [-0.4, -0.2) is 26.3 Å². The van der Waals surface area contributed by atoms with Gasteiger partial charge in [0.05, 0.1) is 5.25 Å².